The van der Waals surface area contributed by atoms with Gasteiger partial charge in [0.15, 0.2) is 18.1 Å². The summed E-state index contributed by atoms with van der Waals surface area (Å²) >= 11 is 0. The zero-order valence-electron chi connectivity index (χ0n) is 18.1. The van der Waals surface area contributed by atoms with Crippen LogP contribution in [0.1, 0.15) is 24.8 Å². The van der Waals surface area contributed by atoms with Gasteiger partial charge in [0.05, 0.1) is 0 Å². The summed E-state index contributed by atoms with van der Waals surface area (Å²) < 4.78 is 16.5. The number of piperidine rings is 1. The van der Waals surface area contributed by atoms with Gasteiger partial charge in [-0.1, -0.05) is 24.3 Å². The van der Waals surface area contributed by atoms with Crippen molar-refractivity contribution in [2.45, 2.75) is 25.8 Å². The van der Waals surface area contributed by atoms with Gasteiger partial charge in [-0.15, -0.1) is 0 Å². The highest BCUT2D eigenvalue weighted by Gasteiger charge is 2.36. The van der Waals surface area contributed by atoms with Crippen molar-refractivity contribution in [1.82, 2.24) is 9.80 Å². The van der Waals surface area contributed by atoms with Crippen LogP contribution in [0.25, 0.3) is 0 Å². The molecule has 0 spiro atoms. The van der Waals surface area contributed by atoms with E-state index in [-0.39, 0.29) is 25.2 Å². The van der Waals surface area contributed by atoms with Crippen LogP contribution in [0.15, 0.2) is 48.5 Å². The fourth-order valence-corrected chi connectivity index (χ4v) is 4.88. The molecule has 3 aliphatic rings. The molecule has 168 valence electrons. The Hall–Kier alpha value is -3.22. The Bertz CT molecular complexity index is 980. The van der Waals surface area contributed by atoms with Crippen LogP contribution in [-0.4, -0.2) is 54.6 Å². The Balaban J connectivity index is 1.17. The van der Waals surface area contributed by atoms with Gasteiger partial charge in [0.1, 0.15) is 5.75 Å². The van der Waals surface area contributed by atoms with Crippen LogP contribution >= 0.6 is 0 Å². The SMILES string of the molecule is O=C1CC2CCN(C(=O)COc3ccccc3)CC2CCN1Cc1ccc2c(c1)OCO2. The van der Waals surface area contributed by atoms with Crippen LogP contribution in [0, 0.1) is 11.8 Å². The Morgan fingerprint density at radius 1 is 1.00 bits per heavy atom. The number of carbonyl (C=O) groups excluding carboxylic acids is 2. The summed E-state index contributed by atoms with van der Waals surface area (Å²) in [6, 6.07) is 15.3. The molecule has 2 fully saturated rings. The van der Waals surface area contributed by atoms with E-state index in [9.17, 15) is 9.59 Å². The third-order valence-corrected chi connectivity index (χ3v) is 6.72. The third kappa shape index (κ3) is 4.52. The van der Waals surface area contributed by atoms with E-state index in [0.29, 0.717) is 50.2 Å². The van der Waals surface area contributed by atoms with Gasteiger partial charge in [-0.2, -0.15) is 0 Å². The number of para-hydroxylation sites is 1. The van der Waals surface area contributed by atoms with Crippen molar-refractivity contribution in [2.75, 3.05) is 33.0 Å². The van der Waals surface area contributed by atoms with Crippen molar-refractivity contribution >= 4 is 11.8 Å². The summed E-state index contributed by atoms with van der Waals surface area (Å²) in [4.78, 5) is 29.5. The Kier molecular flexibility index (Phi) is 5.88. The Morgan fingerprint density at radius 3 is 2.69 bits per heavy atom. The first kappa shape index (κ1) is 20.7. The molecule has 2 unspecified atom stereocenters. The van der Waals surface area contributed by atoms with Gasteiger partial charge in [-0.05, 0) is 54.5 Å². The van der Waals surface area contributed by atoms with E-state index in [1.54, 1.807) is 0 Å². The van der Waals surface area contributed by atoms with Gasteiger partial charge in [0.25, 0.3) is 5.91 Å². The van der Waals surface area contributed by atoms with Crippen molar-refractivity contribution in [2.24, 2.45) is 11.8 Å². The van der Waals surface area contributed by atoms with Gasteiger partial charge in [-0.25, -0.2) is 0 Å². The normalized spacial score (nSPS) is 22.3. The molecule has 0 aliphatic carbocycles. The van der Waals surface area contributed by atoms with E-state index in [4.69, 9.17) is 14.2 Å². The van der Waals surface area contributed by atoms with Gasteiger partial charge < -0.3 is 24.0 Å². The summed E-state index contributed by atoms with van der Waals surface area (Å²) in [6.07, 6.45) is 2.33. The molecular formula is C25H28N2O5. The average molecular weight is 437 g/mol. The largest absolute Gasteiger partial charge is 0.484 e. The molecule has 32 heavy (non-hydrogen) atoms. The first-order valence-electron chi connectivity index (χ1n) is 11.3. The van der Waals surface area contributed by atoms with E-state index in [1.807, 2.05) is 58.3 Å². The van der Waals surface area contributed by atoms with Gasteiger partial charge in [0.2, 0.25) is 12.7 Å². The van der Waals surface area contributed by atoms with Crippen LogP contribution in [0.2, 0.25) is 0 Å². The number of benzene rings is 2. The van der Waals surface area contributed by atoms with Crippen LogP contribution < -0.4 is 14.2 Å². The summed E-state index contributed by atoms with van der Waals surface area (Å²) in [5.74, 6) is 3.09. The van der Waals surface area contributed by atoms with Crippen LogP contribution in [0.5, 0.6) is 17.2 Å². The number of amides is 2. The maximum absolute atomic E-state index is 13.0. The lowest BCUT2D eigenvalue weighted by Crippen LogP contribution is -2.45. The van der Waals surface area contributed by atoms with Crippen LogP contribution in [0.4, 0.5) is 0 Å². The molecule has 2 saturated heterocycles. The van der Waals surface area contributed by atoms with Gasteiger partial charge in [0, 0.05) is 32.6 Å². The fourth-order valence-electron chi connectivity index (χ4n) is 4.88. The first-order chi connectivity index (χ1) is 15.7. The highest BCUT2D eigenvalue weighted by molar-refractivity contribution is 5.78. The molecule has 3 aliphatic heterocycles. The van der Waals surface area contributed by atoms with Crippen molar-refractivity contribution in [3.63, 3.8) is 0 Å². The number of ether oxygens (including phenoxy) is 3. The standard InChI is InChI=1S/C25H28N2O5/c28-24-13-19-8-10-27(25(29)16-30-21-4-2-1-3-5-21)15-20(19)9-11-26(24)14-18-6-7-22-23(12-18)32-17-31-22/h1-7,12,19-20H,8-11,13-17H2. The van der Waals surface area contributed by atoms with Crippen LogP contribution in [0.3, 0.4) is 0 Å². The summed E-state index contributed by atoms with van der Waals surface area (Å²) in [7, 11) is 0. The van der Waals surface area contributed by atoms with E-state index in [1.165, 1.54) is 0 Å². The minimum absolute atomic E-state index is 0.0140. The molecule has 7 nitrogen and oxygen atoms in total. The molecule has 2 amide bonds. The van der Waals surface area contributed by atoms with Crippen molar-refractivity contribution < 1.29 is 23.8 Å². The minimum Gasteiger partial charge on any atom is -0.484 e. The number of hydrogen-bond acceptors (Lipinski definition) is 5. The molecule has 5 rings (SSSR count). The number of carbonyl (C=O) groups is 2. The summed E-state index contributed by atoms with van der Waals surface area (Å²) in [5.41, 5.74) is 1.04. The molecule has 0 radical (unpaired) electrons. The second kappa shape index (κ2) is 9.10. The summed E-state index contributed by atoms with van der Waals surface area (Å²) in [6.45, 7) is 2.97. The van der Waals surface area contributed by atoms with Crippen LogP contribution in [-0.2, 0) is 16.1 Å². The smallest absolute Gasteiger partial charge is 0.260 e. The summed E-state index contributed by atoms with van der Waals surface area (Å²) in [5, 5.41) is 0. The molecule has 0 N–H and O–H groups in total. The third-order valence-electron chi connectivity index (χ3n) is 6.72. The van der Waals surface area contributed by atoms with Crippen molar-refractivity contribution in [3.05, 3.63) is 54.1 Å². The highest BCUT2D eigenvalue weighted by atomic mass is 16.7. The van der Waals surface area contributed by atoms with Crippen molar-refractivity contribution in [1.29, 1.82) is 0 Å². The molecule has 7 heteroatoms. The lowest BCUT2D eigenvalue weighted by atomic mass is 9.82. The molecule has 2 atom stereocenters. The Labute approximate surface area is 187 Å². The predicted molar refractivity (Wildman–Crippen MR) is 117 cm³/mol. The van der Waals surface area contributed by atoms with E-state index in [2.05, 4.69) is 0 Å². The average Bonchev–Trinajstić information content (AvgIpc) is 3.23. The molecule has 0 aromatic heterocycles. The number of rotatable bonds is 5. The monoisotopic (exact) mass is 436 g/mol. The number of fused-ring (bicyclic) bond motifs is 2. The van der Waals surface area contributed by atoms with Crippen molar-refractivity contribution in [3.8, 4) is 17.2 Å². The predicted octanol–water partition coefficient (Wildman–Crippen LogP) is 3.08. The number of likely N-dealkylation sites (tertiary alicyclic amines) is 2. The zero-order valence-corrected chi connectivity index (χ0v) is 18.1. The molecule has 2 aromatic carbocycles. The topological polar surface area (TPSA) is 68.3 Å². The molecule has 2 aromatic rings. The lowest BCUT2D eigenvalue weighted by molar-refractivity contribution is -0.136. The second-order valence-electron chi connectivity index (χ2n) is 8.75. The van der Waals surface area contributed by atoms with Gasteiger partial charge in [-0.3, -0.25) is 9.59 Å². The molecular weight excluding hydrogens is 408 g/mol. The molecule has 3 heterocycles. The fraction of sp³-hybridized carbons (Fsp3) is 0.440. The van der Waals surface area contributed by atoms with E-state index < -0.39 is 0 Å². The minimum atomic E-state index is 0.0140. The first-order valence-corrected chi connectivity index (χ1v) is 11.3. The molecule has 0 saturated carbocycles. The van der Waals surface area contributed by atoms with E-state index in [0.717, 1.165) is 29.9 Å². The second-order valence-corrected chi connectivity index (χ2v) is 8.75. The molecule has 0 bridgehead atoms. The quantitative estimate of drug-likeness (QED) is 0.721. The van der Waals surface area contributed by atoms with E-state index >= 15 is 0 Å². The maximum atomic E-state index is 13.0. The van der Waals surface area contributed by atoms with Gasteiger partial charge >= 0.3 is 0 Å². The highest BCUT2D eigenvalue weighted by Crippen LogP contribution is 2.35. The zero-order chi connectivity index (χ0) is 21.9. The number of nitrogens with zero attached hydrogens (tertiary/aromatic N) is 2. The maximum Gasteiger partial charge on any atom is 0.260 e. The Morgan fingerprint density at radius 2 is 1.81 bits per heavy atom. The number of hydrogen-bond donors (Lipinski definition) is 0. The lowest BCUT2D eigenvalue weighted by Gasteiger charge is -2.37.